The van der Waals surface area contributed by atoms with Gasteiger partial charge >= 0.3 is 23.9 Å². The molecule has 0 amide bonds. The summed E-state index contributed by atoms with van der Waals surface area (Å²) in [7, 11) is 1.19. The second-order valence-corrected chi connectivity index (χ2v) is 18.5. The fourth-order valence-corrected chi connectivity index (χ4v) is 12.4. The molecule has 1 aliphatic heterocycles. The molecule has 1 heterocycles. The fraction of sp³-hybridized carbons (Fsp3) is 0.667. The van der Waals surface area contributed by atoms with Crippen molar-refractivity contribution in [3.63, 3.8) is 0 Å². The highest BCUT2D eigenvalue weighted by molar-refractivity contribution is 5.77. The molecule has 2 aromatic rings. The number of fused-ring (bicyclic) bond motifs is 5. The van der Waals surface area contributed by atoms with E-state index in [1.165, 1.54) is 33.4 Å². The van der Waals surface area contributed by atoms with Crippen LogP contribution >= 0.6 is 0 Å². The van der Waals surface area contributed by atoms with Gasteiger partial charge in [0.05, 0.1) is 38.6 Å². The number of ether oxygens (including phenoxy) is 8. The highest BCUT2D eigenvalue weighted by Crippen LogP contribution is 2.68. The van der Waals surface area contributed by atoms with Crippen molar-refractivity contribution in [1.82, 2.24) is 0 Å². The van der Waals surface area contributed by atoms with Gasteiger partial charge in [-0.2, -0.15) is 0 Å². The standard InChI is InChI=1S/C48H64O12/c1-28(54-26-32-14-10-8-11-15-32)36-18-19-37-35-25-40(59-46-44(58-31(4)51)42(57-30(3)50)41(56-29(2)49)43(60-46)45(52)53-7)39-24-34(55-27-33-16-12-9-13-17-33)20-22-48(39,6)38(35)21-23-47(36,37)5/h8-17,28,34-44,46H,18-27H2,1-7H3/t28-,34+,35+,36?,37+,38+,39-,40+,41-,42-,43-,44+,46+,47-,48-/m1/s1. The number of esters is 4. The third-order valence-electron chi connectivity index (χ3n) is 15.1. The Morgan fingerprint density at radius 1 is 0.700 bits per heavy atom. The van der Waals surface area contributed by atoms with Gasteiger partial charge in [0, 0.05) is 20.8 Å². The Kier molecular flexibility index (Phi) is 13.7. The van der Waals surface area contributed by atoms with Crippen LogP contribution in [0.25, 0.3) is 0 Å². The monoisotopic (exact) mass is 832 g/mol. The van der Waals surface area contributed by atoms with E-state index in [1.54, 1.807) is 0 Å². The number of benzene rings is 2. The molecule has 4 aliphatic carbocycles. The molecule has 2 aromatic carbocycles. The Balaban J connectivity index is 1.21. The van der Waals surface area contributed by atoms with Gasteiger partial charge in [-0.15, -0.1) is 0 Å². The molecule has 15 atom stereocenters. The zero-order valence-electron chi connectivity index (χ0n) is 36.2. The van der Waals surface area contributed by atoms with E-state index in [0.717, 1.165) is 56.9 Å². The molecule has 0 bridgehead atoms. The summed E-state index contributed by atoms with van der Waals surface area (Å²) in [6, 6.07) is 20.5. The third-order valence-corrected chi connectivity index (χ3v) is 15.1. The van der Waals surface area contributed by atoms with Crippen LogP contribution in [0.1, 0.15) is 104 Å². The summed E-state index contributed by atoms with van der Waals surface area (Å²) in [6.07, 6.45) is 0.319. The highest BCUT2D eigenvalue weighted by Gasteiger charge is 2.64. The van der Waals surface area contributed by atoms with Gasteiger partial charge in [0.25, 0.3) is 0 Å². The summed E-state index contributed by atoms with van der Waals surface area (Å²) in [5.74, 6) is -1.36. The molecule has 12 heteroatoms. The van der Waals surface area contributed by atoms with Crippen molar-refractivity contribution in [3.8, 4) is 0 Å². The molecule has 60 heavy (non-hydrogen) atoms. The quantitative estimate of drug-likeness (QED) is 0.112. The van der Waals surface area contributed by atoms with E-state index < -0.39 is 60.7 Å². The molecule has 0 radical (unpaired) electrons. The maximum Gasteiger partial charge on any atom is 0.339 e. The molecular formula is C48H64O12. The number of methoxy groups -OCH3 is 1. The second-order valence-electron chi connectivity index (χ2n) is 18.5. The lowest BCUT2D eigenvalue weighted by Crippen LogP contribution is -2.65. The van der Waals surface area contributed by atoms with Crippen molar-refractivity contribution in [2.75, 3.05) is 7.11 Å². The molecule has 5 aliphatic rings. The maximum absolute atomic E-state index is 13.4. The smallest absolute Gasteiger partial charge is 0.339 e. The summed E-state index contributed by atoms with van der Waals surface area (Å²) in [4.78, 5) is 51.1. The van der Waals surface area contributed by atoms with Crippen LogP contribution in [0, 0.1) is 40.4 Å². The number of hydrogen-bond acceptors (Lipinski definition) is 12. The van der Waals surface area contributed by atoms with E-state index in [9.17, 15) is 19.2 Å². The largest absolute Gasteiger partial charge is 0.467 e. The Morgan fingerprint density at radius 2 is 1.28 bits per heavy atom. The molecule has 328 valence electrons. The minimum Gasteiger partial charge on any atom is -0.467 e. The van der Waals surface area contributed by atoms with Crippen molar-refractivity contribution in [2.24, 2.45) is 40.4 Å². The minimum absolute atomic E-state index is 0.0141. The van der Waals surface area contributed by atoms with Crippen LogP contribution in [0.3, 0.4) is 0 Å². The summed E-state index contributed by atoms with van der Waals surface area (Å²) in [5.41, 5.74) is 2.23. The number of carbonyl (C=O) groups excluding carboxylic acids is 4. The van der Waals surface area contributed by atoms with Gasteiger partial charge in [-0.3, -0.25) is 14.4 Å². The first-order valence-corrected chi connectivity index (χ1v) is 21.9. The molecule has 1 saturated heterocycles. The van der Waals surface area contributed by atoms with Crippen LogP contribution < -0.4 is 0 Å². The van der Waals surface area contributed by atoms with Crippen LogP contribution in [0.4, 0.5) is 0 Å². The zero-order chi connectivity index (χ0) is 42.8. The molecule has 0 spiro atoms. The van der Waals surface area contributed by atoms with E-state index in [1.807, 2.05) is 36.4 Å². The molecule has 12 nitrogen and oxygen atoms in total. The van der Waals surface area contributed by atoms with Crippen molar-refractivity contribution >= 4 is 23.9 Å². The van der Waals surface area contributed by atoms with E-state index >= 15 is 0 Å². The topological polar surface area (TPSA) is 142 Å². The summed E-state index contributed by atoms with van der Waals surface area (Å²) in [6.45, 7) is 11.8. The van der Waals surface area contributed by atoms with Crippen molar-refractivity contribution in [2.45, 2.75) is 155 Å². The molecular weight excluding hydrogens is 769 g/mol. The Bertz CT molecular complexity index is 1800. The summed E-state index contributed by atoms with van der Waals surface area (Å²) < 4.78 is 49.0. The average molecular weight is 833 g/mol. The first-order chi connectivity index (χ1) is 28.7. The minimum atomic E-state index is -1.53. The number of hydrogen-bond donors (Lipinski definition) is 0. The van der Waals surface area contributed by atoms with Gasteiger partial charge in [0.15, 0.2) is 30.7 Å². The molecule has 4 saturated carbocycles. The van der Waals surface area contributed by atoms with E-state index in [2.05, 4.69) is 45.0 Å². The van der Waals surface area contributed by atoms with Gasteiger partial charge in [0.2, 0.25) is 0 Å². The third kappa shape index (κ3) is 9.17. The molecule has 0 aromatic heterocycles. The van der Waals surface area contributed by atoms with Gasteiger partial charge in [-0.1, -0.05) is 74.5 Å². The van der Waals surface area contributed by atoms with Gasteiger partial charge in [-0.05, 0) is 110 Å². The lowest BCUT2D eigenvalue weighted by molar-refractivity contribution is -0.326. The van der Waals surface area contributed by atoms with Crippen molar-refractivity contribution < 1.29 is 57.1 Å². The Hall–Kier alpha value is -3.84. The van der Waals surface area contributed by atoms with E-state index in [4.69, 9.17) is 37.9 Å². The van der Waals surface area contributed by atoms with Crippen LogP contribution in [0.5, 0.6) is 0 Å². The number of rotatable bonds is 13. The SMILES string of the molecule is COC(=O)[C@@H]1O[C@H](O[C@H]2C[C@@H]3[C@H](CC[C@]4(C)C([C@@H](C)OCc5ccccc5)CC[C@@H]34)[C@@]3(C)CC[C@H](OCc4ccccc4)C[C@H]23)[C@@H](OC(C)=O)[C@H](OC(C)=O)[C@H]1OC(C)=O. The maximum atomic E-state index is 13.4. The summed E-state index contributed by atoms with van der Waals surface area (Å²) >= 11 is 0. The Labute approximate surface area is 354 Å². The highest BCUT2D eigenvalue weighted by atomic mass is 16.7. The van der Waals surface area contributed by atoms with Crippen LogP contribution in [-0.2, 0) is 70.3 Å². The second kappa shape index (κ2) is 18.6. The molecule has 7 rings (SSSR count). The zero-order valence-corrected chi connectivity index (χ0v) is 36.2. The van der Waals surface area contributed by atoms with Gasteiger partial charge < -0.3 is 37.9 Å². The first kappa shape index (κ1) is 44.2. The van der Waals surface area contributed by atoms with Gasteiger partial charge in [-0.25, -0.2) is 4.79 Å². The average Bonchev–Trinajstić information content (AvgIpc) is 3.58. The molecule has 0 N–H and O–H groups in total. The van der Waals surface area contributed by atoms with Crippen LogP contribution in [0.2, 0.25) is 0 Å². The molecule has 5 fully saturated rings. The first-order valence-electron chi connectivity index (χ1n) is 21.9. The predicted octanol–water partition coefficient (Wildman–Crippen LogP) is 7.52. The lowest BCUT2D eigenvalue weighted by Gasteiger charge is -2.63. The predicted molar refractivity (Wildman–Crippen MR) is 219 cm³/mol. The van der Waals surface area contributed by atoms with Crippen LogP contribution in [-0.4, -0.2) is 80.0 Å². The van der Waals surface area contributed by atoms with Crippen LogP contribution in [0.15, 0.2) is 60.7 Å². The van der Waals surface area contributed by atoms with Gasteiger partial charge in [0.1, 0.15) is 0 Å². The van der Waals surface area contributed by atoms with E-state index in [-0.39, 0.29) is 29.0 Å². The van der Waals surface area contributed by atoms with Crippen molar-refractivity contribution in [1.29, 1.82) is 0 Å². The van der Waals surface area contributed by atoms with E-state index in [0.29, 0.717) is 36.9 Å². The summed E-state index contributed by atoms with van der Waals surface area (Å²) in [5, 5.41) is 0. The molecule has 1 unspecified atom stereocenters. The Morgan fingerprint density at radius 3 is 1.92 bits per heavy atom. The fourth-order valence-electron chi connectivity index (χ4n) is 12.4. The normalized spacial score (nSPS) is 37.6. The lowest BCUT2D eigenvalue weighted by atomic mass is 9.44. The number of carbonyl (C=O) groups is 4. The van der Waals surface area contributed by atoms with Crippen molar-refractivity contribution in [3.05, 3.63) is 71.8 Å².